The summed E-state index contributed by atoms with van der Waals surface area (Å²) in [6.45, 7) is 2.88. The van der Waals surface area contributed by atoms with Gasteiger partial charge in [-0.25, -0.2) is 0 Å². The number of benzene rings is 1. The van der Waals surface area contributed by atoms with E-state index in [0.29, 0.717) is 0 Å². The number of ether oxygens (including phenoxy) is 1. The molecule has 112 valence electrons. The minimum atomic E-state index is -4.63. The Bertz CT molecular complexity index is 412. The highest BCUT2D eigenvalue weighted by molar-refractivity contribution is 5.29. The average Bonchev–Trinajstić information content (AvgIpc) is 2.31. The zero-order valence-corrected chi connectivity index (χ0v) is 11.5. The minimum absolute atomic E-state index is 0.167. The largest absolute Gasteiger partial charge is 0.573 e. The fraction of sp³-hybridized carbons (Fsp3) is 0.600. The zero-order chi connectivity index (χ0) is 14.6. The quantitative estimate of drug-likeness (QED) is 0.836. The smallest absolute Gasteiger partial charge is 0.406 e. The van der Waals surface area contributed by atoms with Crippen molar-refractivity contribution in [1.82, 2.24) is 5.32 Å². The van der Waals surface area contributed by atoms with Gasteiger partial charge in [0.15, 0.2) is 0 Å². The lowest BCUT2D eigenvalue weighted by Gasteiger charge is -2.30. The highest BCUT2D eigenvalue weighted by Gasteiger charge is 2.31. The van der Waals surface area contributed by atoms with Crippen molar-refractivity contribution in [2.45, 2.75) is 45.0 Å². The molecule has 2 rings (SSSR count). The van der Waals surface area contributed by atoms with Gasteiger partial charge in [-0.2, -0.15) is 0 Å². The van der Waals surface area contributed by atoms with Gasteiger partial charge in [0.05, 0.1) is 0 Å². The molecule has 1 aromatic carbocycles. The Kier molecular flexibility index (Phi) is 4.91. The van der Waals surface area contributed by atoms with E-state index in [1.165, 1.54) is 31.4 Å². The summed E-state index contributed by atoms with van der Waals surface area (Å²) >= 11 is 0. The molecule has 0 aliphatic heterocycles. The van der Waals surface area contributed by atoms with Crippen LogP contribution in [0.3, 0.4) is 0 Å². The van der Waals surface area contributed by atoms with E-state index in [9.17, 15) is 13.2 Å². The minimum Gasteiger partial charge on any atom is -0.406 e. The fourth-order valence-electron chi connectivity index (χ4n) is 2.55. The number of hydrogen-bond acceptors (Lipinski definition) is 2. The number of hydrogen-bond donors (Lipinski definition) is 1. The summed E-state index contributed by atoms with van der Waals surface area (Å²) in [4.78, 5) is 0. The lowest BCUT2D eigenvalue weighted by molar-refractivity contribution is -0.274. The van der Waals surface area contributed by atoms with Crippen molar-refractivity contribution in [3.8, 4) is 5.75 Å². The molecule has 1 atom stereocenters. The Morgan fingerprint density at radius 2 is 1.90 bits per heavy atom. The second-order valence-corrected chi connectivity index (χ2v) is 5.26. The molecule has 5 heteroatoms. The van der Waals surface area contributed by atoms with Crippen LogP contribution < -0.4 is 10.1 Å². The molecule has 1 aliphatic carbocycles. The van der Waals surface area contributed by atoms with Crippen molar-refractivity contribution in [1.29, 1.82) is 0 Å². The van der Waals surface area contributed by atoms with Crippen molar-refractivity contribution in [3.63, 3.8) is 0 Å². The molecule has 0 amide bonds. The second kappa shape index (κ2) is 6.48. The summed E-state index contributed by atoms with van der Waals surface area (Å²) in [5.41, 5.74) is 1.02. The van der Waals surface area contributed by atoms with Crippen LogP contribution >= 0.6 is 0 Å². The van der Waals surface area contributed by atoms with E-state index in [-0.39, 0.29) is 11.8 Å². The highest BCUT2D eigenvalue weighted by atomic mass is 19.4. The predicted octanol–water partition coefficient (Wildman–Crippen LogP) is 4.43. The Morgan fingerprint density at radius 3 is 2.35 bits per heavy atom. The first-order chi connectivity index (χ1) is 9.48. The Labute approximate surface area is 117 Å². The average molecular weight is 287 g/mol. The van der Waals surface area contributed by atoms with Gasteiger partial charge < -0.3 is 10.1 Å². The third kappa shape index (κ3) is 4.40. The molecule has 1 unspecified atom stereocenters. The molecule has 20 heavy (non-hydrogen) atoms. The van der Waals surface area contributed by atoms with Crippen LogP contribution in [-0.4, -0.2) is 12.9 Å². The summed E-state index contributed by atoms with van der Waals surface area (Å²) in [7, 11) is 0. The molecule has 0 radical (unpaired) electrons. The lowest BCUT2D eigenvalue weighted by atomic mass is 9.79. The van der Waals surface area contributed by atoms with E-state index in [1.807, 2.05) is 6.92 Å². The zero-order valence-electron chi connectivity index (χ0n) is 11.5. The van der Waals surface area contributed by atoms with Crippen molar-refractivity contribution >= 4 is 0 Å². The van der Waals surface area contributed by atoms with Gasteiger partial charge in [0.25, 0.3) is 0 Å². The van der Waals surface area contributed by atoms with Gasteiger partial charge >= 0.3 is 6.36 Å². The maximum atomic E-state index is 12.1. The third-order valence-electron chi connectivity index (χ3n) is 3.76. The van der Waals surface area contributed by atoms with Gasteiger partial charge in [-0.15, -0.1) is 13.2 Å². The van der Waals surface area contributed by atoms with Gasteiger partial charge in [0, 0.05) is 6.04 Å². The van der Waals surface area contributed by atoms with Crippen LogP contribution in [0.2, 0.25) is 0 Å². The van der Waals surface area contributed by atoms with Crippen LogP contribution in [0.4, 0.5) is 13.2 Å². The van der Waals surface area contributed by atoms with Gasteiger partial charge in [-0.05, 0) is 36.6 Å². The van der Waals surface area contributed by atoms with E-state index >= 15 is 0 Å². The summed E-state index contributed by atoms with van der Waals surface area (Å²) in [5, 5.41) is 3.40. The highest BCUT2D eigenvalue weighted by Crippen LogP contribution is 2.35. The third-order valence-corrected chi connectivity index (χ3v) is 3.76. The van der Waals surface area contributed by atoms with E-state index in [0.717, 1.165) is 24.4 Å². The topological polar surface area (TPSA) is 21.3 Å². The molecule has 0 saturated heterocycles. The molecular formula is C15H20F3NO. The van der Waals surface area contributed by atoms with Crippen molar-refractivity contribution in [2.75, 3.05) is 6.54 Å². The standard InChI is InChI=1S/C15H20F3NO/c1-2-19-14(10-11-4-3-5-11)12-6-8-13(9-7-12)20-15(16,17)18/h6-9,11,14,19H,2-5,10H2,1H3. The number of rotatable bonds is 6. The maximum Gasteiger partial charge on any atom is 0.573 e. The van der Waals surface area contributed by atoms with Gasteiger partial charge in [0.2, 0.25) is 0 Å². The second-order valence-electron chi connectivity index (χ2n) is 5.26. The van der Waals surface area contributed by atoms with Gasteiger partial charge in [-0.1, -0.05) is 38.3 Å². The van der Waals surface area contributed by atoms with E-state index in [4.69, 9.17) is 0 Å². The molecule has 0 bridgehead atoms. The summed E-state index contributed by atoms with van der Waals surface area (Å²) in [6.07, 6.45) is 0.234. The van der Waals surface area contributed by atoms with Crippen LogP contribution in [-0.2, 0) is 0 Å². The SMILES string of the molecule is CCNC(CC1CCC1)c1ccc(OC(F)(F)F)cc1. The lowest BCUT2D eigenvalue weighted by Crippen LogP contribution is -2.26. The van der Waals surface area contributed by atoms with Crippen LogP contribution in [0.15, 0.2) is 24.3 Å². The molecule has 1 fully saturated rings. The Morgan fingerprint density at radius 1 is 1.25 bits per heavy atom. The van der Waals surface area contributed by atoms with Crippen molar-refractivity contribution in [2.24, 2.45) is 5.92 Å². The number of alkyl halides is 3. The molecule has 0 aromatic heterocycles. The van der Waals surface area contributed by atoms with E-state index in [2.05, 4.69) is 10.1 Å². The Hall–Kier alpha value is -1.23. The van der Waals surface area contributed by atoms with Crippen molar-refractivity contribution in [3.05, 3.63) is 29.8 Å². The summed E-state index contributed by atoms with van der Waals surface area (Å²) in [5.74, 6) is 0.574. The molecule has 2 nitrogen and oxygen atoms in total. The maximum absolute atomic E-state index is 12.1. The van der Waals surface area contributed by atoms with E-state index < -0.39 is 6.36 Å². The molecule has 1 N–H and O–H groups in total. The van der Waals surface area contributed by atoms with Crippen LogP contribution in [0.1, 0.15) is 44.2 Å². The van der Waals surface area contributed by atoms with Crippen LogP contribution in [0.5, 0.6) is 5.75 Å². The number of halogens is 3. The van der Waals surface area contributed by atoms with Crippen LogP contribution in [0.25, 0.3) is 0 Å². The molecule has 1 saturated carbocycles. The first-order valence-corrected chi connectivity index (χ1v) is 7.07. The Balaban J connectivity index is 2.01. The molecule has 0 spiro atoms. The molecule has 1 aromatic rings. The van der Waals surface area contributed by atoms with E-state index in [1.54, 1.807) is 12.1 Å². The molecule has 1 aliphatic rings. The first kappa shape index (κ1) is 15.2. The predicted molar refractivity (Wildman–Crippen MR) is 71.5 cm³/mol. The van der Waals surface area contributed by atoms with Gasteiger partial charge in [0.1, 0.15) is 5.75 Å². The van der Waals surface area contributed by atoms with Crippen LogP contribution in [0, 0.1) is 5.92 Å². The normalized spacial score (nSPS) is 17.6. The van der Waals surface area contributed by atoms with Crippen molar-refractivity contribution < 1.29 is 17.9 Å². The summed E-state index contributed by atoms with van der Waals surface area (Å²) in [6, 6.07) is 6.41. The summed E-state index contributed by atoms with van der Waals surface area (Å²) < 4.78 is 40.2. The fourth-order valence-corrected chi connectivity index (χ4v) is 2.55. The number of nitrogens with one attached hydrogen (secondary N) is 1. The molecule has 0 heterocycles. The van der Waals surface area contributed by atoms with Gasteiger partial charge in [-0.3, -0.25) is 0 Å². The monoisotopic (exact) mass is 287 g/mol. The molecular weight excluding hydrogens is 267 g/mol. The first-order valence-electron chi connectivity index (χ1n) is 7.07.